The summed E-state index contributed by atoms with van der Waals surface area (Å²) in [4.78, 5) is 2.94. The summed E-state index contributed by atoms with van der Waals surface area (Å²) in [6, 6.07) is 0. The summed E-state index contributed by atoms with van der Waals surface area (Å²) in [6.07, 6.45) is 1.72. The molecule has 0 aromatic carbocycles. The Morgan fingerprint density at radius 3 is 2.64 bits per heavy atom. The maximum absolute atomic E-state index is 5.61. The summed E-state index contributed by atoms with van der Waals surface area (Å²) >= 11 is 5.61. The lowest BCUT2D eigenvalue weighted by Crippen LogP contribution is -1.88. The first-order chi connectivity index (χ1) is 5.33. The van der Waals surface area contributed by atoms with Gasteiger partial charge in [-0.3, -0.25) is 0 Å². The fraction of sp³-hybridized carbons (Fsp3) is 0.429. The van der Waals surface area contributed by atoms with Crippen LogP contribution in [0.25, 0.3) is 0 Å². The third kappa shape index (κ3) is 1.43. The number of H-pyrrole nitrogens is 1. The lowest BCUT2D eigenvalue weighted by Gasteiger charge is -2.01. The highest BCUT2D eigenvalue weighted by atomic mass is 35.5. The van der Waals surface area contributed by atoms with E-state index < -0.39 is 0 Å². The molecule has 1 aromatic rings. The molecule has 0 aliphatic carbocycles. The zero-order valence-electron chi connectivity index (χ0n) is 6.48. The van der Waals surface area contributed by atoms with Crippen LogP contribution in [0.4, 0.5) is 0 Å². The minimum atomic E-state index is 0.395. The predicted octanol–water partition coefficient (Wildman–Crippen LogP) is 1.77. The average molecular weight is 176 g/mol. The van der Waals surface area contributed by atoms with Crippen LogP contribution in [0.15, 0.2) is 6.20 Å². The second kappa shape index (κ2) is 3.53. The van der Waals surface area contributed by atoms with E-state index in [4.69, 9.17) is 21.1 Å². The molecular formula is C7H10ClNO2. The van der Waals surface area contributed by atoms with Gasteiger partial charge in [0.05, 0.1) is 25.8 Å². The van der Waals surface area contributed by atoms with E-state index in [9.17, 15) is 0 Å². The number of aromatic nitrogens is 1. The Morgan fingerprint density at radius 1 is 1.45 bits per heavy atom. The van der Waals surface area contributed by atoms with Crippen molar-refractivity contribution >= 4 is 11.6 Å². The van der Waals surface area contributed by atoms with Gasteiger partial charge in [0.1, 0.15) is 0 Å². The van der Waals surface area contributed by atoms with Gasteiger partial charge in [0.15, 0.2) is 11.5 Å². The number of alkyl halides is 1. The molecule has 1 N–H and O–H groups in total. The molecular weight excluding hydrogens is 166 g/mol. The van der Waals surface area contributed by atoms with E-state index in [1.165, 1.54) is 0 Å². The van der Waals surface area contributed by atoms with Crippen LogP contribution in [0.3, 0.4) is 0 Å². The van der Waals surface area contributed by atoms with Gasteiger partial charge < -0.3 is 14.5 Å². The van der Waals surface area contributed by atoms with E-state index in [1.54, 1.807) is 20.4 Å². The molecule has 1 heterocycles. The molecule has 0 aliphatic heterocycles. The summed E-state index contributed by atoms with van der Waals surface area (Å²) in [7, 11) is 3.17. The van der Waals surface area contributed by atoms with Crippen LogP contribution in [0.1, 0.15) is 5.69 Å². The Labute approximate surface area is 70.3 Å². The van der Waals surface area contributed by atoms with Gasteiger partial charge in [-0.15, -0.1) is 11.6 Å². The monoisotopic (exact) mass is 175 g/mol. The number of nitrogens with one attached hydrogen (secondary N) is 1. The van der Waals surface area contributed by atoms with E-state index in [2.05, 4.69) is 4.98 Å². The molecule has 0 spiro atoms. The summed E-state index contributed by atoms with van der Waals surface area (Å²) in [5.74, 6) is 1.76. The summed E-state index contributed by atoms with van der Waals surface area (Å²) < 4.78 is 10.1. The molecule has 0 atom stereocenters. The normalized spacial score (nSPS) is 9.73. The van der Waals surface area contributed by atoms with Crippen LogP contribution >= 0.6 is 11.6 Å². The van der Waals surface area contributed by atoms with E-state index in [0.717, 1.165) is 5.69 Å². The van der Waals surface area contributed by atoms with Crippen molar-refractivity contribution in [1.82, 2.24) is 4.98 Å². The maximum Gasteiger partial charge on any atom is 0.182 e. The number of ether oxygens (including phenoxy) is 2. The van der Waals surface area contributed by atoms with Crippen molar-refractivity contribution in [1.29, 1.82) is 0 Å². The van der Waals surface area contributed by atoms with Crippen molar-refractivity contribution < 1.29 is 9.47 Å². The fourth-order valence-electron chi connectivity index (χ4n) is 0.907. The fourth-order valence-corrected chi connectivity index (χ4v) is 1.11. The molecule has 11 heavy (non-hydrogen) atoms. The molecule has 0 fully saturated rings. The standard InChI is InChI=1S/C7H10ClNO2/c1-10-6-4-9-5(3-8)7(6)11-2/h4,9H,3H2,1-2H3. The Morgan fingerprint density at radius 2 is 2.18 bits per heavy atom. The van der Waals surface area contributed by atoms with Gasteiger partial charge >= 0.3 is 0 Å². The highest BCUT2D eigenvalue weighted by Gasteiger charge is 2.10. The predicted molar refractivity (Wildman–Crippen MR) is 43.5 cm³/mol. The average Bonchev–Trinajstić information content (AvgIpc) is 2.45. The van der Waals surface area contributed by atoms with Crippen molar-refractivity contribution in [2.45, 2.75) is 5.88 Å². The molecule has 3 nitrogen and oxygen atoms in total. The van der Waals surface area contributed by atoms with Crippen molar-refractivity contribution in [2.24, 2.45) is 0 Å². The quantitative estimate of drug-likeness (QED) is 0.711. The third-order valence-electron chi connectivity index (χ3n) is 1.43. The lowest BCUT2D eigenvalue weighted by molar-refractivity contribution is 0.356. The number of hydrogen-bond acceptors (Lipinski definition) is 2. The van der Waals surface area contributed by atoms with Crippen LogP contribution in [-0.2, 0) is 5.88 Å². The first-order valence-electron chi connectivity index (χ1n) is 3.17. The van der Waals surface area contributed by atoms with Crippen LogP contribution in [-0.4, -0.2) is 19.2 Å². The third-order valence-corrected chi connectivity index (χ3v) is 1.70. The molecule has 4 heteroatoms. The van der Waals surface area contributed by atoms with Crippen molar-refractivity contribution in [3.8, 4) is 11.5 Å². The van der Waals surface area contributed by atoms with Crippen LogP contribution in [0.2, 0.25) is 0 Å². The van der Waals surface area contributed by atoms with Crippen LogP contribution in [0, 0.1) is 0 Å². The van der Waals surface area contributed by atoms with E-state index in [0.29, 0.717) is 17.4 Å². The van der Waals surface area contributed by atoms with E-state index in [-0.39, 0.29) is 0 Å². The van der Waals surface area contributed by atoms with Gasteiger partial charge in [-0.1, -0.05) is 0 Å². The summed E-state index contributed by atoms with van der Waals surface area (Å²) in [5.41, 5.74) is 0.839. The van der Waals surface area contributed by atoms with E-state index >= 15 is 0 Å². The lowest BCUT2D eigenvalue weighted by atomic mass is 10.4. The molecule has 0 radical (unpaired) electrons. The van der Waals surface area contributed by atoms with Gasteiger partial charge in [0, 0.05) is 6.20 Å². The SMILES string of the molecule is COc1c[nH]c(CCl)c1OC. The van der Waals surface area contributed by atoms with Gasteiger partial charge in [0.2, 0.25) is 0 Å². The highest BCUT2D eigenvalue weighted by molar-refractivity contribution is 6.17. The second-order valence-corrected chi connectivity index (χ2v) is 2.27. The number of hydrogen-bond donors (Lipinski definition) is 1. The largest absolute Gasteiger partial charge is 0.491 e. The molecule has 0 bridgehead atoms. The summed E-state index contributed by atoms with van der Waals surface area (Å²) in [6.45, 7) is 0. The van der Waals surface area contributed by atoms with Gasteiger partial charge in [-0.2, -0.15) is 0 Å². The Balaban J connectivity index is 2.99. The smallest absolute Gasteiger partial charge is 0.182 e. The van der Waals surface area contributed by atoms with E-state index in [1.807, 2.05) is 0 Å². The molecule has 0 amide bonds. The van der Waals surface area contributed by atoms with Crippen molar-refractivity contribution in [3.63, 3.8) is 0 Å². The molecule has 0 unspecified atom stereocenters. The Bertz CT molecular complexity index is 213. The van der Waals surface area contributed by atoms with Gasteiger partial charge in [0.25, 0.3) is 0 Å². The number of halogens is 1. The number of rotatable bonds is 3. The molecule has 0 aliphatic rings. The van der Waals surface area contributed by atoms with Crippen molar-refractivity contribution in [2.75, 3.05) is 14.2 Å². The zero-order chi connectivity index (χ0) is 8.27. The molecule has 1 aromatic heterocycles. The zero-order valence-corrected chi connectivity index (χ0v) is 7.23. The maximum atomic E-state index is 5.61. The van der Waals surface area contributed by atoms with Crippen molar-refractivity contribution in [3.05, 3.63) is 11.9 Å². The summed E-state index contributed by atoms with van der Waals surface area (Å²) in [5, 5.41) is 0. The first kappa shape index (κ1) is 8.27. The number of aromatic amines is 1. The minimum absolute atomic E-state index is 0.395. The molecule has 0 saturated heterocycles. The Kier molecular flexibility index (Phi) is 2.65. The minimum Gasteiger partial charge on any atom is -0.491 e. The van der Waals surface area contributed by atoms with Crippen LogP contribution < -0.4 is 9.47 Å². The Hall–Kier alpha value is -0.830. The van der Waals surface area contributed by atoms with Gasteiger partial charge in [-0.25, -0.2) is 0 Å². The topological polar surface area (TPSA) is 34.2 Å². The molecule has 62 valence electrons. The van der Waals surface area contributed by atoms with Gasteiger partial charge in [-0.05, 0) is 0 Å². The molecule has 0 saturated carbocycles. The van der Waals surface area contributed by atoms with Crippen LogP contribution in [0.5, 0.6) is 11.5 Å². The highest BCUT2D eigenvalue weighted by Crippen LogP contribution is 2.31. The number of methoxy groups -OCH3 is 2. The second-order valence-electron chi connectivity index (χ2n) is 2.00. The first-order valence-corrected chi connectivity index (χ1v) is 3.71. The molecule has 1 rings (SSSR count).